The van der Waals surface area contributed by atoms with E-state index in [9.17, 15) is 14.4 Å². The number of carbonyl (C=O) groups excluding carboxylic acids is 2. The van der Waals surface area contributed by atoms with Gasteiger partial charge in [-0.15, -0.1) is 0 Å². The fraction of sp³-hybridized carbons (Fsp3) is 0.708. The van der Waals surface area contributed by atoms with E-state index in [1.165, 1.54) is 26.4 Å². The third kappa shape index (κ3) is 5.32. The highest BCUT2D eigenvalue weighted by atomic mass is 16.5. The molecule has 1 N–H and O–H groups in total. The molecule has 166 valence electrons. The smallest absolute Gasteiger partial charge is 0.328 e. The number of hydrogen-bond donors (Lipinski definition) is 1. The molecule has 1 fully saturated rings. The van der Waals surface area contributed by atoms with Crippen molar-refractivity contribution in [2.75, 3.05) is 7.11 Å². The fourth-order valence-corrected chi connectivity index (χ4v) is 4.93. The highest BCUT2D eigenvalue weighted by Gasteiger charge is 2.27. The molecule has 0 aromatic carbocycles. The molecule has 1 aromatic heterocycles. The molecule has 0 aliphatic heterocycles. The summed E-state index contributed by atoms with van der Waals surface area (Å²) in [6.45, 7) is 4.67. The minimum atomic E-state index is -0.746. The molecule has 1 heterocycles. The lowest BCUT2D eigenvalue weighted by atomic mass is 9.88. The maximum Gasteiger partial charge on any atom is 0.328 e. The summed E-state index contributed by atoms with van der Waals surface area (Å²) in [6.07, 6.45) is 10.4. The molecule has 30 heavy (non-hydrogen) atoms. The van der Waals surface area contributed by atoms with Gasteiger partial charge in [-0.05, 0) is 68.4 Å². The molecule has 1 saturated carbocycles. The third-order valence-electron chi connectivity index (χ3n) is 6.51. The summed E-state index contributed by atoms with van der Waals surface area (Å²) in [5.41, 5.74) is 2.16. The van der Waals surface area contributed by atoms with E-state index in [0.29, 0.717) is 18.9 Å². The summed E-state index contributed by atoms with van der Waals surface area (Å²) in [7, 11) is 1.32. The maximum atomic E-state index is 13.4. The number of amides is 1. The van der Waals surface area contributed by atoms with Crippen LogP contribution in [-0.4, -0.2) is 29.6 Å². The van der Waals surface area contributed by atoms with Gasteiger partial charge in [0.1, 0.15) is 11.6 Å². The number of pyridine rings is 1. The van der Waals surface area contributed by atoms with Crippen LogP contribution in [0, 0.1) is 11.8 Å². The van der Waals surface area contributed by atoms with Crippen LogP contribution >= 0.6 is 0 Å². The van der Waals surface area contributed by atoms with Crippen molar-refractivity contribution in [1.29, 1.82) is 0 Å². The van der Waals surface area contributed by atoms with E-state index in [0.717, 1.165) is 49.8 Å². The second kappa shape index (κ2) is 10.3. The number of nitrogens with one attached hydrogen (secondary N) is 1. The van der Waals surface area contributed by atoms with Crippen LogP contribution in [-0.2, 0) is 28.9 Å². The minimum Gasteiger partial charge on any atom is -0.467 e. The van der Waals surface area contributed by atoms with Crippen LogP contribution in [0.25, 0.3) is 0 Å². The third-order valence-corrected chi connectivity index (χ3v) is 6.51. The van der Waals surface area contributed by atoms with Crippen molar-refractivity contribution in [3.8, 4) is 0 Å². The Bertz CT molecular complexity index is 821. The number of ether oxygens (including phenoxy) is 1. The Morgan fingerprint density at radius 1 is 1.13 bits per heavy atom. The van der Waals surface area contributed by atoms with Gasteiger partial charge in [-0.2, -0.15) is 0 Å². The van der Waals surface area contributed by atoms with Gasteiger partial charge in [-0.25, -0.2) is 4.79 Å². The topological polar surface area (TPSA) is 77.4 Å². The second-order valence-corrected chi connectivity index (χ2v) is 9.34. The monoisotopic (exact) mass is 416 g/mol. The largest absolute Gasteiger partial charge is 0.467 e. The molecule has 1 aromatic rings. The van der Waals surface area contributed by atoms with Crippen LogP contribution in [0.2, 0.25) is 0 Å². The molecule has 6 heteroatoms. The average molecular weight is 417 g/mol. The van der Waals surface area contributed by atoms with Gasteiger partial charge < -0.3 is 14.6 Å². The lowest BCUT2D eigenvalue weighted by Crippen LogP contribution is -2.45. The molecule has 1 atom stereocenters. The van der Waals surface area contributed by atoms with Crippen molar-refractivity contribution in [3.05, 3.63) is 33.2 Å². The standard InChI is InChI=1S/C24H36N2O4/c1-16(2)13-20(24(29)30-3)25-22(27)19-14-18-11-7-8-12-21(18)26(23(19)28)15-17-9-5-4-6-10-17/h14,16-17,20H,4-13,15H2,1-3H3,(H,25,27). The molecular formula is C24H36N2O4. The predicted octanol–water partition coefficient (Wildman–Crippen LogP) is 3.62. The van der Waals surface area contributed by atoms with Crippen molar-refractivity contribution in [2.45, 2.75) is 90.6 Å². The molecule has 2 aliphatic carbocycles. The number of esters is 1. The van der Waals surface area contributed by atoms with E-state index in [1.54, 1.807) is 6.07 Å². The van der Waals surface area contributed by atoms with E-state index in [4.69, 9.17) is 4.74 Å². The Kier molecular flexibility index (Phi) is 7.73. The van der Waals surface area contributed by atoms with Gasteiger partial charge in [0.25, 0.3) is 11.5 Å². The second-order valence-electron chi connectivity index (χ2n) is 9.34. The number of fused-ring (bicyclic) bond motifs is 1. The minimum absolute atomic E-state index is 0.157. The first-order valence-corrected chi connectivity index (χ1v) is 11.5. The van der Waals surface area contributed by atoms with Gasteiger partial charge in [-0.1, -0.05) is 33.1 Å². The first kappa shape index (κ1) is 22.6. The Balaban J connectivity index is 1.91. The number of aryl methyl sites for hydroxylation is 1. The van der Waals surface area contributed by atoms with Crippen LogP contribution in [0.4, 0.5) is 0 Å². The number of methoxy groups -OCH3 is 1. The molecule has 1 unspecified atom stereocenters. The van der Waals surface area contributed by atoms with Crippen LogP contribution in [0.15, 0.2) is 10.9 Å². The molecule has 0 saturated heterocycles. The highest BCUT2D eigenvalue weighted by molar-refractivity contribution is 5.96. The van der Waals surface area contributed by atoms with Crippen LogP contribution < -0.4 is 10.9 Å². The van der Waals surface area contributed by atoms with Crippen molar-refractivity contribution >= 4 is 11.9 Å². The Morgan fingerprint density at radius 2 is 1.83 bits per heavy atom. The van der Waals surface area contributed by atoms with E-state index < -0.39 is 17.9 Å². The summed E-state index contributed by atoms with van der Waals surface area (Å²) < 4.78 is 6.74. The van der Waals surface area contributed by atoms with Crippen LogP contribution in [0.5, 0.6) is 0 Å². The first-order valence-electron chi connectivity index (χ1n) is 11.5. The zero-order valence-electron chi connectivity index (χ0n) is 18.7. The van der Waals surface area contributed by atoms with Gasteiger partial charge in [0.05, 0.1) is 7.11 Å². The summed E-state index contributed by atoms with van der Waals surface area (Å²) in [5, 5.41) is 2.77. The van der Waals surface area contributed by atoms with E-state index in [2.05, 4.69) is 5.32 Å². The summed E-state index contributed by atoms with van der Waals surface area (Å²) in [5.74, 6) is -0.232. The van der Waals surface area contributed by atoms with Gasteiger partial charge in [-0.3, -0.25) is 9.59 Å². The summed E-state index contributed by atoms with van der Waals surface area (Å²) >= 11 is 0. The van der Waals surface area contributed by atoms with E-state index in [-0.39, 0.29) is 17.0 Å². The van der Waals surface area contributed by atoms with Gasteiger partial charge in [0, 0.05) is 12.2 Å². The number of carbonyl (C=O) groups is 2. The van der Waals surface area contributed by atoms with E-state index in [1.807, 2.05) is 18.4 Å². The number of hydrogen-bond acceptors (Lipinski definition) is 4. The molecular weight excluding hydrogens is 380 g/mol. The molecule has 6 nitrogen and oxygen atoms in total. The predicted molar refractivity (Wildman–Crippen MR) is 117 cm³/mol. The zero-order valence-corrected chi connectivity index (χ0v) is 18.7. The molecule has 2 aliphatic rings. The zero-order chi connectivity index (χ0) is 21.7. The SMILES string of the molecule is COC(=O)C(CC(C)C)NC(=O)c1cc2c(n(CC3CCCCC3)c1=O)CCCC2. The van der Waals surface area contributed by atoms with Crippen molar-refractivity contribution in [1.82, 2.24) is 9.88 Å². The Hall–Kier alpha value is -2.11. The molecule has 1 amide bonds. The lowest BCUT2D eigenvalue weighted by Gasteiger charge is -2.27. The average Bonchev–Trinajstić information content (AvgIpc) is 2.74. The van der Waals surface area contributed by atoms with Crippen molar-refractivity contribution < 1.29 is 14.3 Å². The number of aromatic nitrogens is 1. The van der Waals surface area contributed by atoms with Crippen LogP contribution in [0.1, 0.15) is 86.8 Å². The van der Waals surface area contributed by atoms with Gasteiger partial charge in [0.2, 0.25) is 0 Å². The molecule has 0 bridgehead atoms. The van der Waals surface area contributed by atoms with E-state index >= 15 is 0 Å². The normalized spacial score (nSPS) is 18.0. The Morgan fingerprint density at radius 3 is 2.50 bits per heavy atom. The lowest BCUT2D eigenvalue weighted by molar-refractivity contribution is -0.143. The number of rotatable bonds is 7. The van der Waals surface area contributed by atoms with Crippen molar-refractivity contribution in [3.63, 3.8) is 0 Å². The van der Waals surface area contributed by atoms with Crippen molar-refractivity contribution in [2.24, 2.45) is 11.8 Å². The quantitative estimate of drug-likeness (QED) is 0.689. The maximum absolute atomic E-state index is 13.4. The molecule has 0 spiro atoms. The molecule has 0 radical (unpaired) electrons. The number of nitrogens with zero attached hydrogens (tertiary/aromatic N) is 1. The van der Waals surface area contributed by atoms with Crippen LogP contribution in [0.3, 0.4) is 0 Å². The fourth-order valence-electron chi connectivity index (χ4n) is 4.93. The van der Waals surface area contributed by atoms with Gasteiger partial charge in [0.15, 0.2) is 0 Å². The molecule has 3 rings (SSSR count). The highest BCUT2D eigenvalue weighted by Crippen LogP contribution is 2.27. The Labute approximate surface area is 179 Å². The first-order chi connectivity index (χ1) is 14.4. The summed E-state index contributed by atoms with van der Waals surface area (Å²) in [6, 6.07) is 1.03. The van der Waals surface area contributed by atoms with Gasteiger partial charge >= 0.3 is 5.97 Å². The summed E-state index contributed by atoms with van der Waals surface area (Å²) in [4.78, 5) is 38.6.